The van der Waals surface area contributed by atoms with Gasteiger partial charge in [0.15, 0.2) is 11.0 Å². The number of nitrogens with zero attached hydrogens (tertiary/aromatic N) is 4. The Morgan fingerprint density at radius 2 is 2.08 bits per heavy atom. The van der Waals surface area contributed by atoms with Crippen LogP contribution in [0.3, 0.4) is 0 Å². The maximum Gasteiger partial charge on any atom is 0.235 e. The summed E-state index contributed by atoms with van der Waals surface area (Å²) in [7, 11) is 0. The lowest BCUT2D eigenvalue weighted by Crippen LogP contribution is -2.15. The van der Waals surface area contributed by atoms with Gasteiger partial charge in [0.05, 0.1) is 17.9 Å². The van der Waals surface area contributed by atoms with E-state index >= 15 is 0 Å². The number of anilines is 1. The Hall–Kier alpha value is -2.83. The summed E-state index contributed by atoms with van der Waals surface area (Å²) in [5.41, 5.74) is 2.72. The molecule has 4 rings (SSSR count). The van der Waals surface area contributed by atoms with E-state index in [1.807, 2.05) is 35.8 Å². The fraction of sp³-hybridized carbons (Fsp3) is 0.481. The number of amides is 1. The first-order chi connectivity index (χ1) is 17.4. The van der Waals surface area contributed by atoms with Crippen LogP contribution < -0.4 is 10.1 Å². The van der Waals surface area contributed by atoms with E-state index in [1.54, 1.807) is 11.3 Å². The third-order valence-corrected chi connectivity index (χ3v) is 8.51. The molecule has 190 valence electrons. The van der Waals surface area contributed by atoms with E-state index in [2.05, 4.69) is 42.4 Å². The van der Waals surface area contributed by atoms with Crippen molar-refractivity contribution in [2.24, 2.45) is 11.8 Å². The van der Waals surface area contributed by atoms with Crippen LogP contribution in [0.4, 0.5) is 5.00 Å². The van der Waals surface area contributed by atoms with Gasteiger partial charge in [-0.15, -0.1) is 21.5 Å². The summed E-state index contributed by atoms with van der Waals surface area (Å²) in [4.78, 5) is 14.1. The van der Waals surface area contributed by atoms with Gasteiger partial charge in [-0.2, -0.15) is 5.26 Å². The van der Waals surface area contributed by atoms with Gasteiger partial charge in [-0.05, 0) is 67.9 Å². The van der Waals surface area contributed by atoms with Gasteiger partial charge in [-0.1, -0.05) is 39.0 Å². The summed E-state index contributed by atoms with van der Waals surface area (Å²) in [6.45, 7) is 9.86. The zero-order valence-corrected chi connectivity index (χ0v) is 23.0. The highest BCUT2D eigenvalue weighted by atomic mass is 32.2. The lowest BCUT2D eigenvalue weighted by atomic mass is 9.86. The van der Waals surface area contributed by atoms with Crippen LogP contribution in [0, 0.1) is 23.2 Å². The number of hydrogen-bond donors (Lipinski definition) is 1. The van der Waals surface area contributed by atoms with Crippen LogP contribution in [0.25, 0.3) is 11.4 Å². The van der Waals surface area contributed by atoms with Crippen molar-refractivity contribution in [1.29, 1.82) is 5.26 Å². The second-order valence-corrected chi connectivity index (χ2v) is 11.5. The van der Waals surface area contributed by atoms with Crippen LogP contribution in [0.1, 0.15) is 56.5 Å². The lowest BCUT2D eigenvalue weighted by molar-refractivity contribution is -0.113. The van der Waals surface area contributed by atoms with Crippen LogP contribution in [-0.2, 0) is 24.2 Å². The van der Waals surface area contributed by atoms with Gasteiger partial charge in [0.1, 0.15) is 16.8 Å². The largest absolute Gasteiger partial charge is 0.493 e. The van der Waals surface area contributed by atoms with Crippen molar-refractivity contribution < 1.29 is 9.53 Å². The van der Waals surface area contributed by atoms with Gasteiger partial charge in [0, 0.05) is 17.0 Å². The molecule has 0 bridgehead atoms. The standard InChI is InChI=1S/C27H33N5O2S2/c1-5-18-7-12-21-22(14-28)26(36-23(21)13-18)29-24(33)16-35-27-31-30-25(32(27)6-2)19-8-10-20(11-9-19)34-15-17(3)4/h8-11,17-18H,5-7,12-13,15-16H2,1-4H3,(H,29,33). The van der Waals surface area contributed by atoms with Gasteiger partial charge in [-0.25, -0.2) is 0 Å². The molecule has 2 aromatic heterocycles. The molecule has 0 saturated heterocycles. The fourth-order valence-electron chi connectivity index (χ4n) is 4.36. The second kappa shape index (κ2) is 11.9. The maximum absolute atomic E-state index is 12.8. The zero-order valence-electron chi connectivity index (χ0n) is 21.3. The predicted molar refractivity (Wildman–Crippen MR) is 146 cm³/mol. The van der Waals surface area contributed by atoms with E-state index in [0.29, 0.717) is 40.7 Å². The number of fused-ring (bicyclic) bond motifs is 1. The quantitative estimate of drug-likeness (QED) is 0.319. The second-order valence-electron chi connectivity index (χ2n) is 9.45. The molecule has 36 heavy (non-hydrogen) atoms. The monoisotopic (exact) mass is 523 g/mol. The number of thioether (sulfide) groups is 1. The third kappa shape index (κ3) is 5.93. The molecule has 1 amide bonds. The molecule has 1 N–H and O–H groups in total. The number of benzene rings is 1. The Labute approximate surface area is 221 Å². The molecular weight excluding hydrogens is 490 g/mol. The molecule has 3 aromatic rings. The summed E-state index contributed by atoms with van der Waals surface area (Å²) in [5.74, 6) is 2.79. The molecule has 0 spiro atoms. The number of hydrogen-bond acceptors (Lipinski definition) is 7. The van der Waals surface area contributed by atoms with Crippen molar-refractivity contribution in [3.8, 4) is 23.2 Å². The van der Waals surface area contributed by atoms with E-state index < -0.39 is 0 Å². The molecule has 0 radical (unpaired) electrons. The Morgan fingerprint density at radius 3 is 2.75 bits per heavy atom. The van der Waals surface area contributed by atoms with Crippen LogP contribution in [0.2, 0.25) is 0 Å². The average molecular weight is 524 g/mol. The number of nitrogens with one attached hydrogen (secondary N) is 1. The highest BCUT2D eigenvalue weighted by Gasteiger charge is 2.26. The number of rotatable bonds is 10. The number of thiophene rings is 1. The number of nitriles is 1. The highest BCUT2D eigenvalue weighted by Crippen LogP contribution is 2.40. The Kier molecular flexibility index (Phi) is 8.70. The van der Waals surface area contributed by atoms with Gasteiger partial charge in [-0.3, -0.25) is 4.79 Å². The Morgan fingerprint density at radius 1 is 1.31 bits per heavy atom. The van der Waals surface area contributed by atoms with E-state index in [1.165, 1.54) is 16.6 Å². The number of carbonyl (C=O) groups is 1. The summed E-state index contributed by atoms with van der Waals surface area (Å²) in [6, 6.07) is 10.2. The highest BCUT2D eigenvalue weighted by molar-refractivity contribution is 7.99. The van der Waals surface area contributed by atoms with Crippen molar-refractivity contribution >= 4 is 34.0 Å². The Bertz CT molecular complexity index is 1240. The minimum atomic E-state index is -0.138. The zero-order chi connectivity index (χ0) is 25.7. The van der Waals surface area contributed by atoms with Crippen molar-refractivity contribution in [3.63, 3.8) is 0 Å². The number of carbonyl (C=O) groups excluding carboxylic acids is 1. The summed E-state index contributed by atoms with van der Waals surface area (Å²) in [6.07, 6.45) is 4.18. The molecule has 1 aromatic carbocycles. The first-order valence-electron chi connectivity index (χ1n) is 12.6. The van der Waals surface area contributed by atoms with E-state index in [4.69, 9.17) is 4.74 Å². The van der Waals surface area contributed by atoms with E-state index in [-0.39, 0.29) is 11.7 Å². The molecule has 7 nitrogen and oxygen atoms in total. The van der Waals surface area contributed by atoms with Gasteiger partial charge in [0.2, 0.25) is 5.91 Å². The first kappa shape index (κ1) is 26.2. The number of aromatic nitrogens is 3. The molecule has 1 unspecified atom stereocenters. The molecule has 1 atom stereocenters. The molecule has 0 fully saturated rings. The summed E-state index contributed by atoms with van der Waals surface area (Å²) in [5, 5.41) is 22.8. The van der Waals surface area contributed by atoms with Gasteiger partial charge >= 0.3 is 0 Å². The van der Waals surface area contributed by atoms with Crippen LogP contribution in [-0.4, -0.2) is 33.0 Å². The van der Waals surface area contributed by atoms with Crippen LogP contribution in [0.15, 0.2) is 29.4 Å². The third-order valence-electron chi connectivity index (χ3n) is 6.37. The normalized spacial score (nSPS) is 14.9. The molecule has 1 aliphatic carbocycles. The van der Waals surface area contributed by atoms with E-state index in [9.17, 15) is 10.1 Å². The fourth-order valence-corrected chi connectivity index (χ4v) is 6.49. The molecule has 0 saturated carbocycles. The van der Waals surface area contributed by atoms with Crippen molar-refractivity contribution in [2.45, 2.75) is 65.1 Å². The maximum atomic E-state index is 12.8. The van der Waals surface area contributed by atoms with Gasteiger partial charge < -0.3 is 14.6 Å². The first-order valence-corrected chi connectivity index (χ1v) is 14.4. The SMILES string of the molecule is CCC1CCc2c(sc(NC(=O)CSc3nnc(-c4ccc(OCC(C)C)cc4)n3CC)c2C#N)C1. The molecule has 9 heteroatoms. The van der Waals surface area contributed by atoms with Crippen LogP contribution in [0.5, 0.6) is 5.75 Å². The van der Waals surface area contributed by atoms with Gasteiger partial charge in [0.25, 0.3) is 0 Å². The summed E-state index contributed by atoms with van der Waals surface area (Å²) < 4.78 is 7.79. The number of ether oxygens (including phenoxy) is 1. The minimum Gasteiger partial charge on any atom is -0.493 e. The molecular formula is C27H33N5O2S2. The minimum absolute atomic E-state index is 0.138. The predicted octanol–water partition coefficient (Wildman–Crippen LogP) is 6.18. The average Bonchev–Trinajstić information content (AvgIpc) is 3.45. The van der Waals surface area contributed by atoms with Crippen molar-refractivity contribution in [2.75, 3.05) is 17.7 Å². The topological polar surface area (TPSA) is 92.8 Å². The van der Waals surface area contributed by atoms with Crippen molar-refractivity contribution in [3.05, 3.63) is 40.3 Å². The smallest absolute Gasteiger partial charge is 0.235 e. The van der Waals surface area contributed by atoms with Crippen molar-refractivity contribution in [1.82, 2.24) is 14.8 Å². The molecule has 1 aliphatic rings. The Balaban J connectivity index is 1.41. The van der Waals surface area contributed by atoms with E-state index in [0.717, 1.165) is 48.4 Å². The lowest BCUT2D eigenvalue weighted by Gasteiger charge is -2.20. The van der Waals surface area contributed by atoms with Crippen LogP contribution >= 0.6 is 23.1 Å². The molecule has 0 aliphatic heterocycles. The molecule has 2 heterocycles. The summed E-state index contributed by atoms with van der Waals surface area (Å²) >= 11 is 2.92.